The highest BCUT2D eigenvalue weighted by atomic mass is 16.6. The van der Waals surface area contributed by atoms with E-state index in [-0.39, 0.29) is 19.0 Å². The lowest BCUT2D eigenvalue weighted by molar-refractivity contribution is -0.0464. The summed E-state index contributed by atoms with van der Waals surface area (Å²) in [6.45, 7) is 0.425. The molecule has 3 aliphatic rings. The largest absolute Gasteiger partial charge is 0.480 e. The number of carbonyl (C=O) groups excluding carboxylic acids is 1. The zero-order chi connectivity index (χ0) is 25.8. The Morgan fingerprint density at radius 1 is 1.30 bits per heavy atom. The number of aliphatic hydroxyl groups is 2. The number of nitrogens with zero attached hydrogens (tertiary/aromatic N) is 3. The minimum atomic E-state index is -1.32. The summed E-state index contributed by atoms with van der Waals surface area (Å²) in [7, 11) is 1.52. The van der Waals surface area contributed by atoms with Gasteiger partial charge in [-0.05, 0) is 30.0 Å². The number of amides is 1. The van der Waals surface area contributed by atoms with E-state index < -0.39 is 24.4 Å². The van der Waals surface area contributed by atoms with Crippen molar-refractivity contribution in [3.05, 3.63) is 77.9 Å². The standard InChI is InChI=1S/C26H28N4O7/c1-34-22-12-28-18-9-5-8-17(24(18)29-22)10-27-11-19(31)25(32)20-13-30(26(33)37-20)23-15-35-14-21(36-23)16-6-3-2-4-7-16/h2-3,5-6,8-9,12,14-15,19-20,25,27,31-32H,4,7,10-11,13H2,1H3/t19-,20-,25+/m0/s1. The number of cyclic esters (lactones) is 1. The summed E-state index contributed by atoms with van der Waals surface area (Å²) in [5.74, 6) is 1.08. The van der Waals surface area contributed by atoms with Crippen LogP contribution in [0.15, 0.2) is 72.4 Å². The van der Waals surface area contributed by atoms with Gasteiger partial charge >= 0.3 is 6.09 Å². The predicted molar refractivity (Wildman–Crippen MR) is 132 cm³/mol. The molecule has 1 aromatic carbocycles. The molecule has 1 saturated heterocycles. The van der Waals surface area contributed by atoms with Crippen molar-refractivity contribution in [3.63, 3.8) is 0 Å². The first-order valence-corrected chi connectivity index (χ1v) is 12.0. The number of benzene rings is 1. The van der Waals surface area contributed by atoms with E-state index in [0.29, 0.717) is 23.7 Å². The fourth-order valence-electron chi connectivity index (χ4n) is 4.26. The molecule has 0 unspecified atom stereocenters. The second-order valence-electron chi connectivity index (χ2n) is 8.75. The molecule has 11 nitrogen and oxygen atoms in total. The summed E-state index contributed by atoms with van der Waals surface area (Å²) in [5.41, 5.74) is 3.21. The van der Waals surface area contributed by atoms with E-state index in [1.165, 1.54) is 24.5 Å². The highest BCUT2D eigenvalue weighted by Gasteiger charge is 2.42. The summed E-state index contributed by atoms with van der Waals surface area (Å²) in [5, 5.41) is 24.4. The molecule has 2 aliphatic heterocycles. The topological polar surface area (TPSA) is 136 Å². The first kappa shape index (κ1) is 24.8. The lowest BCUT2D eigenvalue weighted by atomic mass is 10.0. The molecule has 5 rings (SSSR count). The van der Waals surface area contributed by atoms with Crippen molar-refractivity contribution in [2.45, 2.75) is 37.7 Å². The highest BCUT2D eigenvalue weighted by Crippen LogP contribution is 2.30. The Balaban J connectivity index is 1.15. The number of ether oxygens (including phenoxy) is 4. The maximum absolute atomic E-state index is 12.5. The SMILES string of the molecule is COc1cnc2cccc(CNC[C@H](O)[C@@H](O)[C@@H]3CN(C4=COC=C(C5=CC=CCC5)O4)C(=O)O3)c2n1. The van der Waals surface area contributed by atoms with Crippen molar-refractivity contribution in [3.8, 4) is 5.88 Å². The third-order valence-electron chi connectivity index (χ3n) is 6.28. The van der Waals surface area contributed by atoms with Crippen molar-refractivity contribution in [2.75, 3.05) is 20.2 Å². The fraction of sp³-hybridized carbons (Fsp3) is 0.346. The number of aliphatic hydroxyl groups excluding tert-OH is 2. The van der Waals surface area contributed by atoms with Crippen molar-refractivity contribution >= 4 is 17.1 Å². The van der Waals surface area contributed by atoms with Crippen LogP contribution in [0.3, 0.4) is 0 Å². The molecular weight excluding hydrogens is 480 g/mol. The van der Waals surface area contributed by atoms with Crippen LogP contribution in [0.4, 0.5) is 4.79 Å². The molecule has 0 bridgehead atoms. The number of aromatic nitrogens is 2. The lowest BCUT2D eigenvalue weighted by Gasteiger charge is -2.24. The van der Waals surface area contributed by atoms with E-state index >= 15 is 0 Å². The molecule has 0 spiro atoms. The molecule has 11 heteroatoms. The summed E-state index contributed by atoms with van der Waals surface area (Å²) in [4.78, 5) is 22.5. The normalized spacial score (nSPS) is 20.8. The monoisotopic (exact) mass is 508 g/mol. The number of methoxy groups -OCH3 is 1. The van der Waals surface area contributed by atoms with Gasteiger partial charge in [-0.3, -0.25) is 0 Å². The number of allylic oxidation sites excluding steroid dienone is 4. The minimum Gasteiger partial charge on any atom is -0.480 e. The van der Waals surface area contributed by atoms with Gasteiger partial charge in [0, 0.05) is 13.1 Å². The Hall–Kier alpha value is -3.93. The smallest absolute Gasteiger partial charge is 0.417 e. The van der Waals surface area contributed by atoms with E-state index in [1.54, 1.807) is 6.20 Å². The van der Waals surface area contributed by atoms with Gasteiger partial charge in [-0.1, -0.05) is 30.4 Å². The number of fused-ring (bicyclic) bond motifs is 1. The van der Waals surface area contributed by atoms with Crippen molar-refractivity contribution < 1.29 is 34.0 Å². The molecule has 3 N–H and O–H groups in total. The minimum absolute atomic E-state index is 0.00279. The molecule has 0 radical (unpaired) electrons. The van der Waals surface area contributed by atoms with E-state index in [2.05, 4.69) is 21.4 Å². The average molecular weight is 509 g/mol. The molecule has 37 heavy (non-hydrogen) atoms. The van der Waals surface area contributed by atoms with Crippen LogP contribution < -0.4 is 10.1 Å². The van der Waals surface area contributed by atoms with Crippen LogP contribution in [0.5, 0.6) is 5.88 Å². The Labute approximate surface area is 213 Å². The van der Waals surface area contributed by atoms with Crippen molar-refractivity contribution in [2.24, 2.45) is 0 Å². The molecule has 194 valence electrons. The number of hydrogen-bond acceptors (Lipinski definition) is 10. The molecule has 3 atom stereocenters. The van der Waals surface area contributed by atoms with Gasteiger partial charge < -0.3 is 34.5 Å². The molecule has 2 aromatic rings. The highest BCUT2D eigenvalue weighted by molar-refractivity contribution is 5.78. The Morgan fingerprint density at radius 3 is 3.00 bits per heavy atom. The number of carbonyl (C=O) groups is 1. The summed E-state index contributed by atoms with van der Waals surface area (Å²) in [6.07, 6.45) is 7.79. The third kappa shape index (κ3) is 5.43. The van der Waals surface area contributed by atoms with Crippen LogP contribution >= 0.6 is 0 Å². The van der Waals surface area contributed by atoms with Gasteiger partial charge in [0.1, 0.15) is 12.4 Å². The Morgan fingerprint density at radius 2 is 2.19 bits per heavy atom. The fourth-order valence-corrected chi connectivity index (χ4v) is 4.26. The Bertz CT molecular complexity index is 1290. The zero-order valence-electron chi connectivity index (χ0n) is 20.2. The maximum Gasteiger partial charge on any atom is 0.417 e. The summed E-state index contributed by atoms with van der Waals surface area (Å²) < 4.78 is 21.8. The van der Waals surface area contributed by atoms with E-state index in [9.17, 15) is 15.0 Å². The maximum atomic E-state index is 12.5. The second-order valence-corrected chi connectivity index (χ2v) is 8.75. The number of hydrogen-bond donors (Lipinski definition) is 3. The van der Waals surface area contributed by atoms with Gasteiger partial charge in [-0.25, -0.2) is 19.7 Å². The van der Waals surface area contributed by atoms with Crippen LogP contribution in [-0.4, -0.2) is 69.7 Å². The summed E-state index contributed by atoms with van der Waals surface area (Å²) >= 11 is 0. The predicted octanol–water partition coefficient (Wildman–Crippen LogP) is 2.23. The van der Waals surface area contributed by atoms with Crippen molar-refractivity contribution in [1.29, 1.82) is 0 Å². The molecule has 0 saturated carbocycles. The molecule has 3 heterocycles. The van der Waals surface area contributed by atoms with E-state index in [1.807, 2.05) is 30.4 Å². The lowest BCUT2D eigenvalue weighted by Crippen LogP contribution is -2.44. The zero-order valence-corrected chi connectivity index (χ0v) is 20.2. The van der Waals surface area contributed by atoms with Crippen LogP contribution in [0, 0.1) is 0 Å². The second kappa shape index (κ2) is 11.0. The van der Waals surface area contributed by atoms with Crippen LogP contribution in [0.2, 0.25) is 0 Å². The first-order valence-electron chi connectivity index (χ1n) is 12.0. The number of nitrogens with one attached hydrogen (secondary N) is 1. The average Bonchev–Trinajstić information content (AvgIpc) is 3.34. The van der Waals surface area contributed by atoms with Gasteiger partial charge in [0.2, 0.25) is 11.8 Å². The first-order chi connectivity index (χ1) is 18.0. The van der Waals surface area contributed by atoms with Crippen molar-refractivity contribution in [1.82, 2.24) is 20.2 Å². The van der Waals surface area contributed by atoms with Gasteiger partial charge in [0.25, 0.3) is 0 Å². The van der Waals surface area contributed by atoms with Gasteiger partial charge in [-0.15, -0.1) is 0 Å². The van der Waals surface area contributed by atoms with Gasteiger partial charge in [0.15, 0.2) is 18.1 Å². The third-order valence-corrected chi connectivity index (χ3v) is 6.28. The van der Waals surface area contributed by atoms with E-state index in [0.717, 1.165) is 29.5 Å². The quantitative estimate of drug-likeness (QED) is 0.463. The van der Waals surface area contributed by atoms with Crippen LogP contribution in [0.25, 0.3) is 11.0 Å². The molecular formula is C26H28N4O7. The Kier molecular flexibility index (Phi) is 7.35. The number of para-hydroxylation sites is 1. The van der Waals surface area contributed by atoms with Crippen LogP contribution in [-0.2, 0) is 20.8 Å². The number of rotatable bonds is 9. The van der Waals surface area contributed by atoms with E-state index in [4.69, 9.17) is 18.9 Å². The van der Waals surface area contributed by atoms with Gasteiger partial charge in [0.05, 0.1) is 37.0 Å². The molecule has 1 amide bonds. The molecule has 1 fully saturated rings. The van der Waals surface area contributed by atoms with Gasteiger partial charge in [-0.2, -0.15) is 0 Å². The van der Waals surface area contributed by atoms with Crippen LogP contribution in [0.1, 0.15) is 18.4 Å². The summed E-state index contributed by atoms with van der Waals surface area (Å²) in [6, 6.07) is 5.61. The molecule has 1 aliphatic carbocycles. The molecule has 1 aromatic heterocycles.